The van der Waals surface area contributed by atoms with E-state index in [4.69, 9.17) is 10.2 Å². The average Bonchev–Trinajstić information content (AvgIpc) is 3.08. The van der Waals surface area contributed by atoms with Crippen molar-refractivity contribution < 1.29 is 4.42 Å². The van der Waals surface area contributed by atoms with Crippen LogP contribution in [0.1, 0.15) is 5.69 Å². The standard InChI is InChI=1S/C14H11BrN2OS2/c15-9-3-4-13(11(16)6-9)19-7-10-8-20-14(17-10)12-2-1-5-18-12/h1-6,8H,7,16H2. The van der Waals surface area contributed by atoms with Crippen molar-refractivity contribution in [2.45, 2.75) is 10.6 Å². The van der Waals surface area contributed by atoms with Crippen molar-refractivity contribution in [3.63, 3.8) is 0 Å². The van der Waals surface area contributed by atoms with E-state index in [1.807, 2.05) is 30.3 Å². The van der Waals surface area contributed by atoms with Gasteiger partial charge < -0.3 is 10.2 Å². The number of hydrogen-bond acceptors (Lipinski definition) is 5. The maximum Gasteiger partial charge on any atom is 0.162 e. The molecule has 0 unspecified atom stereocenters. The Morgan fingerprint density at radius 3 is 3.00 bits per heavy atom. The zero-order valence-corrected chi connectivity index (χ0v) is 13.6. The van der Waals surface area contributed by atoms with Crippen LogP contribution < -0.4 is 5.73 Å². The molecule has 0 saturated carbocycles. The molecule has 0 fully saturated rings. The molecule has 3 nitrogen and oxygen atoms in total. The number of hydrogen-bond donors (Lipinski definition) is 1. The molecule has 0 atom stereocenters. The Morgan fingerprint density at radius 1 is 1.35 bits per heavy atom. The van der Waals surface area contributed by atoms with Gasteiger partial charge in [0.15, 0.2) is 10.8 Å². The molecule has 0 bridgehead atoms. The van der Waals surface area contributed by atoms with E-state index in [2.05, 4.69) is 26.3 Å². The van der Waals surface area contributed by atoms with Crippen molar-refractivity contribution in [2.75, 3.05) is 5.73 Å². The van der Waals surface area contributed by atoms with Crippen LogP contribution in [0.2, 0.25) is 0 Å². The number of halogens is 1. The van der Waals surface area contributed by atoms with Gasteiger partial charge in [-0.15, -0.1) is 23.1 Å². The van der Waals surface area contributed by atoms with E-state index in [-0.39, 0.29) is 0 Å². The van der Waals surface area contributed by atoms with Crippen molar-refractivity contribution in [1.29, 1.82) is 0 Å². The third kappa shape index (κ3) is 3.08. The molecule has 0 aliphatic heterocycles. The summed E-state index contributed by atoms with van der Waals surface area (Å²) >= 11 is 6.69. The van der Waals surface area contributed by atoms with Crippen molar-refractivity contribution >= 4 is 44.7 Å². The Kier molecular flexibility index (Phi) is 4.14. The first kappa shape index (κ1) is 13.7. The number of nitrogen functional groups attached to an aromatic ring is 1. The lowest BCUT2D eigenvalue weighted by molar-refractivity contribution is 0.581. The number of nitrogens with zero attached hydrogens (tertiary/aromatic N) is 1. The summed E-state index contributed by atoms with van der Waals surface area (Å²) in [5, 5.41) is 2.97. The van der Waals surface area contributed by atoms with Crippen LogP contribution in [0.25, 0.3) is 10.8 Å². The first-order chi connectivity index (χ1) is 9.72. The van der Waals surface area contributed by atoms with Crippen LogP contribution >= 0.6 is 39.0 Å². The van der Waals surface area contributed by atoms with Gasteiger partial charge in [0, 0.05) is 26.2 Å². The number of furan rings is 1. The lowest BCUT2D eigenvalue weighted by Crippen LogP contribution is -1.89. The minimum Gasteiger partial charge on any atom is -0.462 e. The van der Waals surface area contributed by atoms with Gasteiger partial charge in [0.2, 0.25) is 0 Å². The zero-order valence-electron chi connectivity index (χ0n) is 10.4. The maximum atomic E-state index is 5.98. The highest BCUT2D eigenvalue weighted by molar-refractivity contribution is 9.10. The third-order valence-corrected chi connectivity index (χ3v) is 5.15. The number of thiazole rings is 1. The highest BCUT2D eigenvalue weighted by Gasteiger charge is 2.08. The molecule has 0 amide bonds. The van der Waals surface area contributed by atoms with Gasteiger partial charge in [-0.05, 0) is 30.3 Å². The summed E-state index contributed by atoms with van der Waals surface area (Å²) in [5.41, 5.74) is 7.80. The van der Waals surface area contributed by atoms with Gasteiger partial charge in [-0.1, -0.05) is 15.9 Å². The highest BCUT2D eigenvalue weighted by atomic mass is 79.9. The molecule has 2 N–H and O–H groups in total. The van der Waals surface area contributed by atoms with Crippen LogP contribution in [0.15, 0.2) is 55.8 Å². The summed E-state index contributed by atoms with van der Waals surface area (Å²) in [6, 6.07) is 9.71. The largest absolute Gasteiger partial charge is 0.462 e. The number of aromatic nitrogens is 1. The van der Waals surface area contributed by atoms with E-state index in [0.717, 1.165) is 37.3 Å². The first-order valence-corrected chi connectivity index (χ1v) is 8.54. The quantitative estimate of drug-likeness (QED) is 0.518. The van der Waals surface area contributed by atoms with E-state index < -0.39 is 0 Å². The molecule has 102 valence electrons. The monoisotopic (exact) mass is 366 g/mol. The van der Waals surface area contributed by atoms with Crippen LogP contribution in [0.4, 0.5) is 5.69 Å². The number of nitrogens with two attached hydrogens (primary N) is 1. The van der Waals surface area contributed by atoms with Crippen molar-refractivity contribution in [1.82, 2.24) is 4.98 Å². The molecule has 3 rings (SSSR count). The van der Waals surface area contributed by atoms with E-state index in [1.165, 1.54) is 0 Å². The van der Waals surface area contributed by atoms with Crippen molar-refractivity contribution in [3.05, 3.63) is 52.1 Å². The number of rotatable bonds is 4. The Hall–Kier alpha value is -1.24. The minimum absolute atomic E-state index is 0.783. The van der Waals surface area contributed by atoms with Crippen LogP contribution in [0.5, 0.6) is 0 Å². The summed E-state index contributed by atoms with van der Waals surface area (Å²) in [6.45, 7) is 0. The molecular weight excluding hydrogens is 356 g/mol. The average molecular weight is 367 g/mol. The van der Waals surface area contributed by atoms with Gasteiger partial charge >= 0.3 is 0 Å². The summed E-state index contributed by atoms with van der Waals surface area (Å²) in [7, 11) is 0. The molecular formula is C14H11BrN2OS2. The second-order valence-corrected chi connectivity index (χ2v) is 6.88. The van der Waals surface area contributed by atoms with Gasteiger partial charge in [-0.3, -0.25) is 0 Å². The Balaban J connectivity index is 1.70. The van der Waals surface area contributed by atoms with Crippen molar-refractivity contribution in [2.24, 2.45) is 0 Å². The zero-order chi connectivity index (χ0) is 13.9. The SMILES string of the molecule is Nc1cc(Br)ccc1SCc1csc(-c2ccco2)n1. The second kappa shape index (κ2) is 6.03. The van der Waals surface area contributed by atoms with Crippen molar-refractivity contribution in [3.8, 4) is 10.8 Å². The number of benzene rings is 1. The maximum absolute atomic E-state index is 5.98. The third-order valence-electron chi connectivity index (χ3n) is 2.63. The predicted octanol–water partition coefficient (Wildman–Crippen LogP) is 5.04. The number of thioether (sulfide) groups is 1. The predicted molar refractivity (Wildman–Crippen MR) is 87.9 cm³/mol. The van der Waals surface area contributed by atoms with E-state index in [0.29, 0.717) is 0 Å². The molecule has 6 heteroatoms. The molecule has 20 heavy (non-hydrogen) atoms. The fourth-order valence-electron chi connectivity index (χ4n) is 1.69. The minimum atomic E-state index is 0.783. The summed E-state index contributed by atoms with van der Waals surface area (Å²) in [5.74, 6) is 1.61. The van der Waals surface area contributed by atoms with E-state index >= 15 is 0 Å². The molecule has 0 radical (unpaired) electrons. The molecule has 0 aliphatic rings. The lowest BCUT2D eigenvalue weighted by atomic mass is 10.3. The van der Waals surface area contributed by atoms with Crippen LogP contribution in [-0.2, 0) is 5.75 Å². The molecule has 3 aromatic rings. The fourth-order valence-corrected chi connectivity index (χ4v) is 3.80. The van der Waals surface area contributed by atoms with Gasteiger partial charge in [0.1, 0.15) is 0 Å². The highest BCUT2D eigenvalue weighted by Crippen LogP contribution is 2.32. The van der Waals surface area contributed by atoms with Crippen LogP contribution in [0, 0.1) is 0 Å². The summed E-state index contributed by atoms with van der Waals surface area (Å²) < 4.78 is 6.34. The number of anilines is 1. The smallest absolute Gasteiger partial charge is 0.162 e. The van der Waals surface area contributed by atoms with Crippen LogP contribution in [0.3, 0.4) is 0 Å². The van der Waals surface area contributed by atoms with Gasteiger partial charge in [-0.25, -0.2) is 4.98 Å². The molecule has 0 aliphatic carbocycles. The molecule has 2 heterocycles. The Bertz CT molecular complexity index is 710. The van der Waals surface area contributed by atoms with Crippen LogP contribution in [-0.4, -0.2) is 4.98 Å². The van der Waals surface area contributed by atoms with E-state index in [9.17, 15) is 0 Å². The molecule has 1 aromatic carbocycles. The lowest BCUT2D eigenvalue weighted by Gasteiger charge is -2.04. The first-order valence-electron chi connectivity index (χ1n) is 5.88. The Morgan fingerprint density at radius 2 is 2.25 bits per heavy atom. The summed E-state index contributed by atoms with van der Waals surface area (Å²) in [6.07, 6.45) is 1.66. The normalized spacial score (nSPS) is 10.8. The van der Waals surface area contributed by atoms with Gasteiger partial charge in [-0.2, -0.15) is 0 Å². The molecule has 2 aromatic heterocycles. The molecule has 0 saturated heterocycles. The Labute approximate surface area is 133 Å². The van der Waals surface area contributed by atoms with E-state index in [1.54, 1.807) is 29.4 Å². The second-order valence-electron chi connectivity index (χ2n) is 4.09. The van der Waals surface area contributed by atoms with Gasteiger partial charge in [0.05, 0.1) is 12.0 Å². The fraction of sp³-hybridized carbons (Fsp3) is 0.0714. The molecule has 0 spiro atoms. The topological polar surface area (TPSA) is 52.0 Å². The summed E-state index contributed by atoms with van der Waals surface area (Å²) in [4.78, 5) is 5.64. The van der Waals surface area contributed by atoms with Gasteiger partial charge in [0.25, 0.3) is 0 Å².